The number of halogens is 6. The van der Waals surface area contributed by atoms with E-state index >= 15 is 0 Å². The normalized spacial score (nSPS) is 19.4. The molecule has 1 fully saturated rings. The Kier molecular flexibility index (Phi) is 7.18. The summed E-state index contributed by atoms with van der Waals surface area (Å²) in [7, 11) is 0. The van der Waals surface area contributed by atoms with Crippen LogP contribution in [0.5, 0.6) is 0 Å². The SMILES string of the molecule is Cc1nc(C(F)(F)F)ccc1C(=O)NC1CNCCC1c1ccc(F)c(F)c1.Cl. The number of benzene rings is 1. The average molecular weight is 436 g/mol. The van der Waals surface area contributed by atoms with E-state index in [0.717, 1.165) is 24.3 Å². The lowest BCUT2D eigenvalue weighted by molar-refractivity contribution is -0.141. The second kappa shape index (κ2) is 9.04. The average Bonchev–Trinajstić information content (AvgIpc) is 2.63. The smallest absolute Gasteiger partial charge is 0.347 e. The maximum absolute atomic E-state index is 13.6. The monoisotopic (exact) mass is 435 g/mol. The van der Waals surface area contributed by atoms with Gasteiger partial charge in [0, 0.05) is 18.5 Å². The molecule has 2 aromatic rings. The van der Waals surface area contributed by atoms with Gasteiger partial charge in [0.15, 0.2) is 11.6 Å². The Morgan fingerprint density at radius 1 is 1.17 bits per heavy atom. The molecule has 2 heterocycles. The number of pyridine rings is 1. The van der Waals surface area contributed by atoms with Gasteiger partial charge in [-0.15, -0.1) is 12.4 Å². The minimum atomic E-state index is -4.59. The number of aryl methyl sites for hydroxylation is 1. The molecule has 0 bridgehead atoms. The number of hydrogen-bond acceptors (Lipinski definition) is 3. The second-order valence-corrected chi connectivity index (χ2v) is 6.68. The molecule has 4 nitrogen and oxygen atoms in total. The van der Waals surface area contributed by atoms with Crippen LogP contribution in [0.1, 0.15) is 39.6 Å². The molecule has 1 saturated heterocycles. The number of amides is 1. The van der Waals surface area contributed by atoms with Gasteiger partial charge in [0.25, 0.3) is 5.91 Å². The van der Waals surface area contributed by atoms with E-state index in [2.05, 4.69) is 15.6 Å². The number of nitrogens with one attached hydrogen (secondary N) is 2. The Morgan fingerprint density at radius 2 is 1.90 bits per heavy atom. The predicted molar refractivity (Wildman–Crippen MR) is 99.1 cm³/mol. The van der Waals surface area contributed by atoms with Crippen LogP contribution in [0.4, 0.5) is 22.0 Å². The molecule has 1 aliphatic heterocycles. The quantitative estimate of drug-likeness (QED) is 0.717. The fraction of sp³-hybridized carbons (Fsp3) is 0.368. The standard InChI is InChI=1S/C19H18F5N3O.ClH/c1-10-12(3-5-17(26-10)19(22,23)24)18(28)27-16-9-25-7-6-13(16)11-2-4-14(20)15(21)8-11;/h2-5,8,13,16,25H,6-7,9H2,1H3,(H,27,28);1H. The molecule has 0 radical (unpaired) electrons. The van der Waals surface area contributed by atoms with E-state index in [1.807, 2.05) is 0 Å². The highest BCUT2D eigenvalue weighted by Gasteiger charge is 2.34. The van der Waals surface area contributed by atoms with E-state index in [0.29, 0.717) is 25.1 Å². The molecule has 1 amide bonds. The molecule has 0 saturated carbocycles. The van der Waals surface area contributed by atoms with Crippen LogP contribution in [0.2, 0.25) is 0 Å². The summed E-state index contributed by atoms with van der Waals surface area (Å²) in [6, 6.07) is 5.02. The lowest BCUT2D eigenvalue weighted by Crippen LogP contribution is -2.50. The van der Waals surface area contributed by atoms with Crippen LogP contribution in [0, 0.1) is 18.6 Å². The summed E-state index contributed by atoms with van der Waals surface area (Å²) in [5.74, 6) is -2.75. The summed E-state index contributed by atoms with van der Waals surface area (Å²) in [6.45, 7) is 2.36. The Hall–Kier alpha value is -2.26. The largest absolute Gasteiger partial charge is 0.433 e. The number of carbonyl (C=O) groups is 1. The third kappa shape index (κ3) is 5.22. The van der Waals surface area contributed by atoms with Crippen molar-refractivity contribution in [3.63, 3.8) is 0 Å². The third-order valence-electron chi connectivity index (χ3n) is 4.79. The number of rotatable bonds is 3. The van der Waals surface area contributed by atoms with Crippen LogP contribution in [0.25, 0.3) is 0 Å². The van der Waals surface area contributed by atoms with E-state index in [1.165, 1.54) is 13.0 Å². The zero-order valence-electron chi connectivity index (χ0n) is 15.3. The molecule has 1 aliphatic rings. The van der Waals surface area contributed by atoms with Gasteiger partial charge in [-0.3, -0.25) is 4.79 Å². The molecule has 10 heteroatoms. The Labute approximate surface area is 170 Å². The van der Waals surface area contributed by atoms with Crippen molar-refractivity contribution in [2.45, 2.75) is 31.5 Å². The fourth-order valence-corrected chi connectivity index (χ4v) is 3.36. The number of piperidine rings is 1. The minimum absolute atomic E-state index is 0. The molecular formula is C19H19ClF5N3O. The number of hydrogen-bond donors (Lipinski definition) is 2. The number of nitrogens with zero attached hydrogens (tertiary/aromatic N) is 1. The molecule has 3 rings (SSSR count). The van der Waals surface area contributed by atoms with Crippen molar-refractivity contribution in [2.24, 2.45) is 0 Å². The van der Waals surface area contributed by atoms with Crippen LogP contribution in [0.3, 0.4) is 0 Å². The summed E-state index contributed by atoms with van der Waals surface area (Å²) in [5.41, 5.74) is -0.531. The van der Waals surface area contributed by atoms with Crippen molar-refractivity contribution in [1.29, 1.82) is 0 Å². The Balaban J connectivity index is 0.00000300. The first kappa shape index (κ1) is 23.0. The van der Waals surface area contributed by atoms with Crippen LogP contribution < -0.4 is 10.6 Å². The molecule has 0 aliphatic carbocycles. The fourth-order valence-electron chi connectivity index (χ4n) is 3.36. The van der Waals surface area contributed by atoms with E-state index in [4.69, 9.17) is 0 Å². The maximum Gasteiger partial charge on any atom is 0.433 e. The van der Waals surface area contributed by atoms with Crippen molar-refractivity contribution < 1.29 is 26.7 Å². The summed E-state index contributed by atoms with van der Waals surface area (Å²) >= 11 is 0. The first-order valence-electron chi connectivity index (χ1n) is 8.68. The van der Waals surface area contributed by atoms with E-state index < -0.39 is 35.5 Å². The van der Waals surface area contributed by atoms with Gasteiger partial charge >= 0.3 is 6.18 Å². The topological polar surface area (TPSA) is 54.0 Å². The molecule has 1 aromatic carbocycles. The molecule has 29 heavy (non-hydrogen) atoms. The first-order valence-corrected chi connectivity index (χ1v) is 8.68. The van der Waals surface area contributed by atoms with Crippen molar-refractivity contribution in [1.82, 2.24) is 15.6 Å². The zero-order chi connectivity index (χ0) is 20.5. The van der Waals surface area contributed by atoms with Gasteiger partial charge in [-0.1, -0.05) is 6.07 Å². The molecule has 158 valence electrons. The van der Waals surface area contributed by atoms with Gasteiger partial charge in [-0.2, -0.15) is 13.2 Å². The van der Waals surface area contributed by atoms with Gasteiger partial charge in [-0.25, -0.2) is 13.8 Å². The Morgan fingerprint density at radius 3 is 2.52 bits per heavy atom. The first-order chi connectivity index (χ1) is 13.2. The highest BCUT2D eigenvalue weighted by atomic mass is 35.5. The van der Waals surface area contributed by atoms with Crippen LogP contribution in [-0.2, 0) is 6.18 Å². The summed E-state index contributed by atoms with van der Waals surface area (Å²) < 4.78 is 65.0. The van der Waals surface area contributed by atoms with Crippen molar-refractivity contribution in [2.75, 3.05) is 13.1 Å². The summed E-state index contributed by atoms with van der Waals surface area (Å²) in [5, 5.41) is 5.89. The van der Waals surface area contributed by atoms with Gasteiger partial charge in [-0.05, 0) is 49.7 Å². The number of aromatic nitrogens is 1. The predicted octanol–water partition coefficient (Wildman–Crippen LogP) is 3.98. The summed E-state index contributed by atoms with van der Waals surface area (Å²) in [6.07, 6.45) is -4.01. The van der Waals surface area contributed by atoms with Crippen LogP contribution in [0.15, 0.2) is 30.3 Å². The lowest BCUT2D eigenvalue weighted by atomic mass is 9.85. The lowest BCUT2D eigenvalue weighted by Gasteiger charge is -2.33. The molecule has 2 unspecified atom stereocenters. The van der Waals surface area contributed by atoms with Crippen LogP contribution in [-0.4, -0.2) is 30.0 Å². The minimum Gasteiger partial charge on any atom is -0.347 e. The van der Waals surface area contributed by atoms with Crippen LogP contribution >= 0.6 is 12.4 Å². The highest BCUT2D eigenvalue weighted by molar-refractivity contribution is 5.95. The van der Waals surface area contributed by atoms with E-state index in [1.54, 1.807) is 0 Å². The molecule has 0 spiro atoms. The zero-order valence-corrected chi connectivity index (χ0v) is 16.1. The van der Waals surface area contributed by atoms with Gasteiger partial charge in [0.05, 0.1) is 11.3 Å². The van der Waals surface area contributed by atoms with E-state index in [9.17, 15) is 26.7 Å². The van der Waals surface area contributed by atoms with Gasteiger partial charge < -0.3 is 10.6 Å². The van der Waals surface area contributed by atoms with E-state index in [-0.39, 0.29) is 29.6 Å². The molecule has 2 N–H and O–H groups in total. The molecule has 1 aromatic heterocycles. The Bertz CT molecular complexity index is 891. The molecular weight excluding hydrogens is 417 g/mol. The maximum atomic E-state index is 13.6. The molecule has 2 atom stereocenters. The highest BCUT2D eigenvalue weighted by Crippen LogP contribution is 2.29. The number of alkyl halides is 3. The van der Waals surface area contributed by atoms with Gasteiger partial charge in [0.2, 0.25) is 0 Å². The van der Waals surface area contributed by atoms with Crippen molar-refractivity contribution in [3.05, 3.63) is 64.5 Å². The van der Waals surface area contributed by atoms with Crippen molar-refractivity contribution in [3.8, 4) is 0 Å². The third-order valence-corrected chi connectivity index (χ3v) is 4.79. The van der Waals surface area contributed by atoms with Gasteiger partial charge in [0.1, 0.15) is 5.69 Å². The summed E-state index contributed by atoms with van der Waals surface area (Å²) in [4.78, 5) is 16.1. The van der Waals surface area contributed by atoms with Crippen molar-refractivity contribution >= 4 is 18.3 Å². The number of carbonyl (C=O) groups excluding carboxylic acids is 1. The second-order valence-electron chi connectivity index (χ2n) is 6.68.